The van der Waals surface area contributed by atoms with Gasteiger partial charge < -0.3 is 5.32 Å². The highest BCUT2D eigenvalue weighted by Gasteiger charge is 2.10. The van der Waals surface area contributed by atoms with Crippen molar-refractivity contribution in [1.29, 1.82) is 0 Å². The van der Waals surface area contributed by atoms with Crippen molar-refractivity contribution < 1.29 is 4.79 Å². The summed E-state index contributed by atoms with van der Waals surface area (Å²) in [5, 5.41) is 4.91. The Morgan fingerprint density at radius 2 is 2.06 bits per heavy atom. The first-order valence-corrected chi connectivity index (χ1v) is 7.72. The summed E-state index contributed by atoms with van der Waals surface area (Å²) in [6, 6.07) is 5.34. The Bertz CT molecular complexity index is 412. The van der Waals surface area contributed by atoms with Crippen molar-refractivity contribution in [2.24, 2.45) is 0 Å². The van der Waals surface area contributed by atoms with Gasteiger partial charge in [-0.25, -0.2) is 0 Å². The molecular formula is C13H16BrCl2NO. The molecule has 0 aliphatic rings. The van der Waals surface area contributed by atoms with Crippen molar-refractivity contribution in [3.63, 3.8) is 0 Å². The maximum atomic E-state index is 11.7. The van der Waals surface area contributed by atoms with Crippen molar-refractivity contribution in [2.45, 2.75) is 32.2 Å². The topological polar surface area (TPSA) is 29.1 Å². The second-order valence-corrected chi connectivity index (χ2v) is 5.72. The van der Waals surface area contributed by atoms with E-state index >= 15 is 0 Å². The average Bonchev–Trinajstić information content (AvgIpc) is 2.33. The van der Waals surface area contributed by atoms with Crippen LogP contribution in [0.1, 0.15) is 37.8 Å². The summed E-state index contributed by atoms with van der Waals surface area (Å²) in [7, 11) is 0. The first-order chi connectivity index (χ1) is 8.54. The highest BCUT2D eigenvalue weighted by molar-refractivity contribution is 9.09. The van der Waals surface area contributed by atoms with Crippen LogP contribution in [-0.4, -0.2) is 11.2 Å². The van der Waals surface area contributed by atoms with E-state index in [1.54, 1.807) is 12.1 Å². The van der Waals surface area contributed by atoms with Crippen molar-refractivity contribution in [1.82, 2.24) is 5.32 Å². The van der Waals surface area contributed by atoms with Gasteiger partial charge in [0.05, 0.1) is 16.1 Å². The number of carbonyl (C=O) groups is 1. The SMILES string of the molecule is CC(NC(=O)CCCCBr)c1ccc(Cl)c(Cl)c1. The highest BCUT2D eigenvalue weighted by Crippen LogP contribution is 2.25. The van der Waals surface area contributed by atoms with Gasteiger partial charge in [0, 0.05) is 11.8 Å². The van der Waals surface area contributed by atoms with Crippen LogP contribution in [0.5, 0.6) is 0 Å². The van der Waals surface area contributed by atoms with Gasteiger partial charge >= 0.3 is 0 Å². The number of halogens is 3. The number of carbonyl (C=O) groups excluding carboxylic acids is 1. The second kappa shape index (κ2) is 8.03. The van der Waals surface area contributed by atoms with Crippen molar-refractivity contribution >= 4 is 45.0 Å². The fourth-order valence-electron chi connectivity index (χ4n) is 1.56. The molecule has 1 N–H and O–H groups in total. The lowest BCUT2D eigenvalue weighted by atomic mass is 10.1. The largest absolute Gasteiger partial charge is 0.350 e. The third-order valence-corrected chi connectivity index (χ3v) is 3.91. The number of benzene rings is 1. The van der Waals surface area contributed by atoms with Gasteiger partial charge in [-0.05, 0) is 37.5 Å². The van der Waals surface area contributed by atoms with Crippen LogP contribution in [0.3, 0.4) is 0 Å². The number of alkyl halides is 1. The van der Waals surface area contributed by atoms with E-state index in [4.69, 9.17) is 23.2 Å². The number of nitrogens with one attached hydrogen (secondary N) is 1. The zero-order chi connectivity index (χ0) is 13.5. The number of hydrogen-bond donors (Lipinski definition) is 1. The Morgan fingerprint density at radius 3 is 2.67 bits per heavy atom. The maximum Gasteiger partial charge on any atom is 0.220 e. The fraction of sp³-hybridized carbons (Fsp3) is 0.462. The lowest BCUT2D eigenvalue weighted by Crippen LogP contribution is -2.26. The molecule has 0 bridgehead atoms. The predicted molar refractivity (Wildman–Crippen MR) is 80.7 cm³/mol. The fourth-order valence-corrected chi connectivity index (χ4v) is 2.26. The summed E-state index contributed by atoms with van der Waals surface area (Å²) in [6.45, 7) is 1.93. The third kappa shape index (κ3) is 5.17. The van der Waals surface area contributed by atoms with Gasteiger partial charge in [-0.1, -0.05) is 45.2 Å². The number of rotatable bonds is 6. The molecule has 0 aliphatic heterocycles. The van der Waals surface area contributed by atoms with Crippen LogP contribution in [0.2, 0.25) is 10.0 Å². The Balaban J connectivity index is 2.51. The molecule has 1 aromatic rings. The molecule has 0 aromatic heterocycles. The normalized spacial score (nSPS) is 12.2. The molecule has 5 heteroatoms. The second-order valence-electron chi connectivity index (χ2n) is 4.11. The first kappa shape index (κ1) is 15.8. The van der Waals surface area contributed by atoms with Gasteiger partial charge in [-0.2, -0.15) is 0 Å². The maximum absolute atomic E-state index is 11.7. The van der Waals surface area contributed by atoms with Crippen LogP contribution >= 0.6 is 39.1 Å². The zero-order valence-corrected chi connectivity index (χ0v) is 13.3. The number of unbranched alkanes of at least 4 members (excludes halogenated alkanes) is 1. The van der Waals surface area contributed by atoms with Crippen LogP contribution in [-0.2, 0) is 4.79 Å². The van der Waals surface area contributed by atoms with Gasteiger partial charge in [-0.15, -0.1) is 0 Å². The van der Waals surface area contributed by atoms with Gasteiger partial charge in [0.2, 0.25) is 5.91 Å². The molecule has 1 unspecified atom stereocenters. The summed E-state index contributed by atoms with van der Waals surface area (Å²) in [6.07, 6.45) is 2.46. The summed E-state index contributed by atoms with van der Waals surface area (Å²) in [4.78, 5) is 11.7. The van der Waals surface area contributed by atoms with Gasteiger partial charge in [0.15, 0.2) is 0 Å². The quantitative estimate of drug-likeness (QED) is 0.581. The smallest absolute Gasteiger partial charge is 0.220 e. The minimum Gasteiger partial charge on any atom is -0.350 e. The van der Waals surface area contributed by atoms with Gasteiger partial charge in [0.25, 0.3) is 0 Å². The van der Waals surface area contributed by atoms with Crippen LogP contribution in [0.4, 0.5) is 0 Å². The standard InChI is InChI=1S/C13H16BrCl2NO/c1-9(17-13(18)4-2-3-7-14)10-5-6-11(15)12(16)8-10/h5-6,8-9H,2-4,7H2,1H3,(H,17,18). The molecule has 1 amide bonds. The predicted octanol–water partition coefficient (Wildman–Crippen LogP) is 4.74. The molecule has 100 valence electrons. The van der Waals surface area contributed by atoms with E-state index in [0.29, 0.717) is 16.5 Å². The van der Waals surface area contributed by atoms with Gasteiger partial charge in [0.1, 0.15) is 0 Å². The van der Waals surface area contributed by atoms with Crippen molar-refractivity contribution in [3.05, 3.63) is 33.8 Å². The van der Waals surface area contributed by atoms with E-state index in [2.05, 4.69) is 21.2 Å². The number of hydrogen-bond acceptors (Lipinski definition) is 1. The molecule has 0 saturated carbocycles. The third-order valence-electron chi connectivity index (χ3n) is 2.61. The molecule has 1 rings (SSSR count). The monoisotopic (exact) mass is 351 g/mol. The van der Waals surface area contributed by atoms with Crippen molar-refractivity contribution in [3.8, 4) is 0 Å². The molecule has 0 aliphatic carbocycles. The summed E-state index contributed by atoms with van der Waals surface area (Å²) < 4.78 is 0. The zero-order valence-electron chi connectivity index (χ0n) is 10.2. The van der Waals surface area contributed by atoms with Crippen LogP contribution in [0.25, 0.3) is 0 Å². The van der Waals surface area contributed by atoms with Crippen LogP contribution in [0.15, 0.2) is 18.2 Å². The van der Waals surface area contributed by atoms with Gasteiger partial charge in [-0.3, -0.25) is 4.79 Å². The minimum absolute atomic E-state index is 0.0590. The summed E-state index contributed by atoms with van der Waals surface area (Å²) >= 11 is 15.1. The molecule has 1 atom stereocenters. The van der Waals surface area contributed by atoms with E-state index in [1.807, 2.05) is 13.0 Å². The lowest BCUT2D eigenvalue weighted by Gasteiger charge is -2.15. The minimum atomic E-state index is -0.0590. The average molecular weight is 353 g/mol. The molecule has 0 radical (unpaired) electrons. The van der Waals surface area contributed by atoms with Crippen molar-refractivity contribution in [2.75, 3.05) is 5.33 Å². The Kier molecular flexibility index (Phi) is 7.05. The Morgan fingerprint density at radius 1 is 1.33 bits per heavy atom. The molecule has 0 heterocycles. The molecule has 1 aromatic carbocycles. The highest BCUT2D eigenvalue weighted by atomic mass is 79.9. The van der Waals surface area contributed by atoms with Crippen LogP contribution in [0, 0.1) is 0 Å². The lowest BCUT2D eigenvalue weighted by molar-refractivity contribution is -0.121. The Labute approximate surface area is 126 Å². The summed E-state index contributed by atoms with van der Waals surface area (Å²) in [5.41, 5.74) is 0.957. The summed E-state index contributed by atoms with van der Waals surface area (Å²) in [5.74, 6) is 0.0644. The van der Waals surface area contributed by atoms with E-state index in [1.165, 1.54) is 0 Å². The van der Waals surface area contributed by atoms with E-state index in [-0.39, 0.29) is 11.9 Å². The van der Waals surface area contributed by atoms with Crippen LogP contribution < -0.4 is 5.32 Å². The first-order valence-electron chi connectivity index (χ1n) is 5.85. The van der Waals surface area contributed by atoms with E-state index in [0.717, 1.165) is 23.7 Å². The molecule has 0 saturated heterocycles. The van der Waals surface area contributed by atoms with E-state index < -0.39 is 0 Å². The molecule has 0 spiro atoms. The molecule has 0 fully saturated rings. The van der Waals surface area contributed by atoms with E-state index in [9.17, 15) is 4.79 Å². The molecule has 18 heavy (non-hydrogen) atoms. The molecule has 2 nitrogen and oxygen atoms in total. The Hall–Kier alpha value is -0.250. The number of amides is 1. The molecular weight excluding hydrogens is 337 g/mol.